The van der Waals surface area contributed by atoms with Gasteiger partial charge in [-0.25, -0.2) is 4.79 Å². The molecule has 0 saturated heterocycles. The van der Waals surface area contributed by atoms with E-state index in [2.05, 4.69) is 0 Å². The van der Waals surface area contributed by atoms with Crippen LogP contribution in [0.2, 0.25) is 0 Å². The molecule has 1 aromatic carbocycles. The molecule has 0 saturated carbocycles. The van der Waals surface area contributed by atoms with Crippen LogP contribution in [0, 0.1) is 6.92 Å². The summed E-state index contributed by atoms with van der Waals surface area (Å²) in [6, 6.07) is 4.74. The number of hydrogen-bond acceptors (Lipinski definition) is 3. The molecule has 0 amide bonds. The van der Waals surface area contributed by atoms with Crippen LogP contribution in [0.1, 0.15) is 22.8 Å². The highest BCUT2D eigenvalue weighted by molar-refractivity contribution is 5.93. The van der Waals surface area contributed by atoms with Crippen molar-refractivity contribution >= 4 is 11.9 Å². The van der Waals surface area contributed by atoms with E-state index < -0.39 is 11.9 Å². The van der Waals surface area contributed by atoms with Gasteiger partial charge in [0, 0.05) is 6.92 Å². The molecule has 4 nitrogen and oxygen atoms in total. The van der Waals surface area contributed by atoms with Gasteiger partial charge in [-0.3, -0.25) is 4.79 Å². The van der Waals surface area contributed by atoms with Crippen LogP contribution < -0.4 is 4.74 Å². The van der Waals surface area contributed by atoms with Crippen molar-refractivity contribution in [3.63, 3.8) is 0 Å². The largest absolute Gasteiger partial charge is 0.478 e. The molecule has 0 atom stereocenters. The molecule has 1 rings (SSSR count). The lowest BCUT2D eigenvalue weighted by Crippen LogP contribution is -2.08. The van der Waals surface area contributed by atoms with E-state index in [9.17, 15) is 9.59 Å². The average Bonchev–Trinajstić information content (AvgIpc) is 2.01. The summed E-state index contributed by atoms with van der Waals surface area (Å²) in [4.78, 5) is 21.5. The highest BCUT2D eigenvalue weighted by Gasteiger charge is 2.14. The topological polar surface area (TPSA) is 63.6 Å². The molecule has 0 spiro atoms. The van der Waals surface area contributed by atoms with E-state index in [1.165, 1.54) is 13.0 Å². The first-order valence-electron chi connectivity index (χ1n) is 4.03. The van der Waals surface area contributed by atoms with Crippen molar-refractivity contribution in [2.24, 2.45) is 0 Å². The predicted octanol–water partition coefficient (Wildman–Crippen LogP) is 1.62. The van der Waals surface area contributed by atoms with Crippen LogP contribution in [-0.2, 0) is 4.79 Å². The highest BCUT2D eigenvalue weighted by atomic mass is 16.5. The smallest absolute Gasteiger partial charge is 0.339 e. The van der Waals surface area contributed by atoms with E-state index in [4.69, 9.17) is 9.84 Å². The number of esters is 1. The van der Waals surface area contributed by atoms with E-state index in [1.807, 2.05) is 0 Å². The van der Waals surface area contributed by atoms with E-state index in [1.54, 1.807) is 19.1 Å². The van der Waals surface area contributed by atoms with Crippen molar-refractivity contribution < 1.29 is 19.4 Å². The van der Waals surface area contributed by atoms with E-state index >= 15 is 0 Å². The summed E-state index contributed by atoms with van der Waals surface area (Å²) in [6.07, 6.45) is 0. The summed E-state index contributed by atoms with van der Waals surface area (Å²) < 4.78 is 4.77. The van der Waals surface area contributed by atoms with Crippen molar-refractivity contribution in [3.05, 3.63) is 29.3 Å². The first-order chi connectivity index (χ1) is 6.52. The number of ether oxygens (including phenoxy) is 1. The Balaban J connectivity index is 3.21. The van der Waals surface area contributed by atoms with Gasteiger partial charge in [-0.05, 0) is 18.6 Å². The number of carbonyl (C=O) groups excluding carboxylic acids is 1. The second-order valence-electron chi connectivity index (χ2n) is 2.85. The third kappa shape index (κ3) is 2.10. The fourth-order valence-electron chi connectivity index (χ4n) is 1.15. The fourth-order valence-corrected chi connectivity index (χ4v) is 1.15. The number of benzene rings is 1. The quantitative estimate of drug-likeness (QED) is 0.574. The lowest BCUT2D eigenvalue weighted by Gasteiger charge is -2.07. The normalized spacial score (nSPS) is 9.57. The Morgan fingerprint density at radius 2 is 2.00 bits per heavy atom. The molecule has 0 aliphatic rings. The lowest BCUT2D eigenvalue weighted by molar-refractivity contribution is -0.131. The first-order valence-corrected chi connectivity index (χ1v) is 4.03. The number of aromatic carboxylic acids is 1. The Morgan fingerprint density at radius 3 is 2.50 bits per heavy atom. The van der Waals surface area contributed by atoms with Gasteiger partial charge in [-0.15, -0.1) is 0 Å². The zero-order valence-corrected chi connectivity index (χ0v) is 7.90. The second kappa shape index (κ2) is 3.91. The zero-order valence-electron chi connectivity index (χ0n) is 7.90. The van der Waals surface area contributed by atoms with Crippen molar-refractivity contribution in [1.29, 1.82) is 0 Å². The van der Waals surface area contributed by atoms with Gasteiger partial charge in [0.15, 0.2) is 0 Å². The molecule has 0 radical (unpaired) electrons. The van der Waals surface area contributed by atoms with Crippen LogP contribution in [0.3, 0.4) is 0 Å². The molecule has 74 valence electrons. The molecule has 0 heterocycles. The third-order valence-corrected chi connectivity index (χ3v) is 1.70. The Bertz CT molecular complexity index is 382. The number of hydrogen-bond donors (Lipinski definition) is 1. The van der Waals surface area contributed by atoms with E-state index in [-0.39, 0.29) is 11.3 Å². The van der Waals surface area contributed by atoms with Crippen LogP contribution in [0.4, 0.5) is 0 Å². The Labute approximate surface area is 81.1 Å². The maximum absolute atomic E-state index is 10.8. The van der Waals surface area contributed by atoms with Gasteiger partial charge in [0.2, 0.25) is 0 Å². The summed E-state index contributed by atoms with van der Waals surface area (Å²) in [5.74, 6) is -1.54. The van der Waals surface area contributed by atoms with Gasteiger partial charge in [0.25, 0.3) is 0 Å². The zero-order chi connectivity index (χ0) is 10.7. The maximum atomic E-state index is 10.8. The molecular formula is C10H10O4. The van der Waals surface area contributed by atoms with Gasteiger partial charge in [-0.1, -0.05) is 12.1 Å². The summed E-state index contributed by atoms with van der Waals surface area (Å²) in [5, 5.41) is 8.87. The minimum Gasteiger partial charge on any atom is -0.478 e. The molecule has 0 fully saturated rings. The van der Waals surface area contributed by atoms with Crippen molar-refractivity contribution in [1.82, 2.24) is 0 Å². The Kier molecular flexibility index (Phi) is 2.86. The minimum absolute atomic E-state index is 0.0303. The molecule has 0 aliphatic heterocycles. The standard InChI is InChI=1S/C10H10O4/c1-6-4-3-5-8(14-7(2)11)9(6)10(12)13/h3-5H,1-2H3,(H,12,13). The fraction of sp³-hybridized carbons (Fsp3) is 0.200. The van der Waals surface area contributed by atoms with Gasteiger partial charge in [0.05, 0.1) is 0 Å². The molecule has 0 aliphatic carbocycles. The number of rotatable bonds is 2. The van der Waals surface area contributed by atoms with Crippen molar-refractivity contribution in [3.8, 4) is 5.75 Å². The number of carbonyl (C=O) groups is 2. The SMILES string of the molecule is CC(=O)Oc1cccc(C)c1C(=O)O. The van der Waals surface area contributed by atoms with Gasteiger partial charge >= 0.3 is 11.9 Å². The molecule has 4 heteroatoms. The molecule has 0 bridgehead atoms. The van der Waals surface area contributed by atoms with Gasteiger partial charge in [0.1, 0.15) is 11.3 Å². The highest BCUT2D eigenvalue weighted by Crippen LogP contribution is 2.21. The lowest BCUT2D eigenvalue weighted by atomic mass is 10.1. The molecule has 0 aromatic heterocycles. The predicted molar refractivity (Wildman–Crippen MR) is 49.4 cm³/mol. The third-order valence-electron chi connectivity index (χ3n) is 1.70. The van der Waals surface area contributed by atoms with Crippen LogP contribution in [0.15, 0.2) is 18.2 Å². The van der Waals surface area contributed by atoms with Crippen LogP contribution in [0.5, 0.6) is 5.75 Å². The molecular weight excluding hydrogens is 184 g/mol. The van der Waals surface area contributed by atoms with Gasteiger partial charge in [-0.2, -0.15) is 0 Å². The average molecular weight is 194 g/mol. The monoisotopic (exact) mass is 194 g/mol. The summed E-state index contributed by atoms with van der Waals surface area (Å²) in [6.45, 7) is 2.88. The molecule has 1 aromatic rings. The molecule has 14 heavy (non-hydrogen) atoms. The molecule has 0 unspecified atom stereocenters. The summed E-state index contributed by atoms with van der Waals surface area (Å²) in [7, 11) is 0. The second-order valence-corrected chi connectivity index (χ2v) is 2.85. The summed E-state index contributed by atoms with van der Waals surface area (Å²) in [5.41, 5.74) is 0.596. The van der Waals surface area contributed by atoms with Crippen LogP contribution >= 0.6 is 0 Å². The molecule has 1 N–H and O–H groups in total. The Morgan fingerprint density at radius 1 is 1.36 bits per heavy atom. The maximum Gasteiger partial charge on any atom is 0.339 e. The number of carboxylic acids is 1. The summed E-state index contributed by atoms with van der Waals surface area (Å²) >= 11 is 0. The minimum atomic E-state index is -1.10. The van der Waals surface area contributed by atoms with Crippen LogP contribution in [-0.4, -0.2) is 17.0 Å². The van der Waals surface area contributed by atoms with Gasteiger partial charge < -0.3 is 9.84 Å². The van der Waals surface area contributed by atoms with Crippen molar-refractivity contribution in [2.45, 2.75) is 13.8 Å². The first kappa shape index (κ1) is 10.2. The number of aryl methyl sites for hydroxylation is 1. The van der Waals surface area contributed by atoms with E-state index in [0.29, 0.717) is 5.56 Å². The Hall–Kier alpha value is -1.84. The van der Waals surface area contributed by atoms with Crippen LogP contribution in [0.25, 0.3) is 0 Å². The van der Waals surface area contributed by atoms with Crippen molar-refractivity contribution in [2.75, 3.05) is 0 Å². The van der Waals surface area contributed by atoms with E-state index in [0.717, 1.165) is 0 Å². The number of carboxylic acid groups (broad SMARTS) is 1.